The van der Waals surface area contributed by atoms with E-state index in [1.165, 1.54) is 11.1 Å². The molecule has 3 nitrogen and oxygen atoms in total. The van der Waals surface area contributed by atoms with Crippen LogP contribution in [0.1, 0.15) is 25.0 Å². The number of hydrogen-bond donors (Lipinski definition) is 1. The Morgan fingerprint density at radius 3 is 2.88 bits per heavy atom. The second kappa shape index (κ2) is 4.67. The van der Waals surface area contributed by atoms with Gasteiger partial charge < -0.3 is 9.84 Å². The van der Waals surface area contributed by atoms with Crippen molar-refractivity contribution in [2.24, 2.45) is 0 Å². The highest BCUT2D eigenvalue weighted by Crippen LogP contribution is 2.26. The molecular formula is C14H21NO2. The van der Waals surface area contributed by atoms with Gasteiger partial charge >= 0.3 is 0 Å². The summed E-state index contributed by atoms with van der Waals surface area (Å²) in [5, 5.41) is 9.76. The molecule has 1 N–H and O–H groups in total. The minimum atomic E-state index is -0.644. The SMILES string of the molecule is CN(Cc1ccc2c(c1)CCO2)CC(C)(C)O. The maximum Gasteiger partial charge on any atom is 0.122 e. The van der Waals surface area contributed by atoms with Crippen LogP contribution in [0.25, 0.3) is 0 Å². The molecule has 0 atom stereocenters. The summed E-state index contributed by atoms with van der Waals surface area (Å²) in [6, 6.07) is 6.36. The van der Waals surface area contributed by atoms with Gasteiger partial charge in [-0.15, -0.1) is 0 Å². The van der Waals surface area contributed by atoms with Crippen molar-refractivity contribution >= 4 is 0 Å². The minimum absolute atomic E-state index is 0.644. The van der Waals surface area contributed by atoms with Crippen molar-refractivity contribution < 1.29 is 9.84 Å². The Hall–Kier alpha value is -1.06. The summed E-state index contributed by atoms with van der Waals surface area (Å²) in [5.74, 6) is 1.03. The molecule has 0 bridgehead atoms. The number of likely N-dealkylation sites (N-methyl/N-ethyl adjacent to an activating group) is 1. The second-order valence-corrected chi connectivity index (χ2v) is 5.53. The number of benzene rings is 1. The summed E-state index contributed by atoms with van der Waals surface area (Å²) >= 11 is 0. The number of aliphatic hydroxyl groups is 1. The Morgan fingerprint density at radius 2 is 2.18 bits per heavy atom. The van der Waals surface area contributed by atoms with E-state index in [0.717, 1.165) is 25.3 Å². The molecule has 0 radical (unpaired) electrons. The summed E-state index contributed by atoms with van der Waals surface area (Å²) in [6.45, 7) is 6.00. The highest BCUT2D eigenvalue weighted by Gasteiger charge is 2.17. The van der Waals surface area contributed by atoms with Gasteiger partial charge in [-0.05, 0) is 38.1 Å². The zero-order chi connectivity index (χ0) is 12.5. The first-order valence-corrected chi connectivity index (χ1v) is 6.09. The molecule has 0 unspecified atom stereocenters. The van der Waals surface area contributed by atoms with Crippen LogP contribution in [0.5, 0.6) is 5.75 Å². The highest BCUT2D eigenvalue weighted by molar-refractivity contribution is 5.39. The van der Waals surface area contributed by atoms with Crippen LogP contribution < -0.4 is 4.74 Å². The van der Waals surface area contributed by atoms with Gasteiger partial charge in [0, 0.05) is 19.5 Å². The molecule has 1 heterocycles. The Morgan fingerprint density at radius 1 is 1.41 bits per heavy atom. The molecule has 1 aromatic rings. The summed E-state index contributed by atoms with van der Waals surface area (Å²) in [5.41, 5.74) is 1.94. The lowest BCUT2D eigenvalue weighted by atomic mass is 10.1. The molecule has 94 valence electrons. The van der Waals surface area contributed by atoms with Crippen LogP contribution in [-0.2, 0) is 13.0 Å². The number of fused-ring (bicyclic) bond motifs is 1. The van der Waals surface area contributed by atoms with Crippen LogP contribution in [0.4, 0.5) is 0 Å². The van der Waals surface area contributed by atoms with Crippen LogP contribution in [-0.4, -0.2) is 35.8 Å². The minimum Gasteiger partial charge on any atom is -0.493 e. The monoisotopic (exact) mass is 235 g/mol. The van der Waals surface area contributed by atoms with E-state index in [-0.39, 0.29) is 0 Å². The molecule has 0 aromatic heterocycles. The third-order valence-electron chi connectivity index (χ3n) is 2.86. The third-order valence-corrected chi connectivity index (χ3v) is 2.86. The van der Waals surface area contributed by atoms with Gasteiger partial charge in [0.25, 0.3) is 0 Å². The first-order valence-electron chi connectivity index (χ1n) is 6.09. The standard InChI is InChI=1S/C14H21NO2/c1-14(2,16)10-15(3)9-11-4-5-13-12(8-11)6-7-17-13/h4-5,8,16H,6-7,9-10H2,1-3H3. The van der Waals surface area contributed by atoms with E-state index in [2.05, 4.69) is 23.1 Å². The quantitative estimate of drug-likeness (QED) is 0.864. The number of hydrogen-bond acceptors (Lipinski definition) is 3. The zero-order valence-corrected chi connectivity index (χ0v) is 10.9. The predicted octanol–water partition coefficient (Wildman–Crippen LogP) is 1.82. The summed E-state index contributed by atoms with van der Waals surface area (Å²) in [6.07, 6.45) is 1.01. The largest absolute Gasteiger partial charge is 0.493 e. The van der Waals surface area contributed by atoms with Crippen molar-refractivity contribution in [2.45, 2.75) is 32.4 Å². The number of nitrogens with zero attached hydrogens (tertiary/aromatic N) is 1. The van der Waals surface area contributed by atoms with Crippen molar-refractivity contribution in [2.75, 3.05) is 20.2 Å². The van der Waals surface area contributed by atoms with E-state index in [0.29, 0.717) is 6.54 Å². The van der Waals surface area contributed by atoms with Crippen molar-refractivity contribution in [3.63, 3.8) is 0 Å². The fourth-order valence-electron chi connectivity index (χ4n) is 2.37. The van der Waals surface area contributed by atoms with Crippen LogP contribution in [0.3, 0.4) is 0 Å². The van der Waals surface area contributed by atoms with Gasteiger partial charge in [-0.2, -0.15) is 0 Å². The van der Waals surface area contributed by atoms with Gasteiger partial charge in [0.2, 0.25) is 0 Å². The highest BCUT2D eigenvalue weighted by atomic mass is 16.5. The molecule has 1 aromatic carbocycles. The molecule has 0 amide bonds. The van der Waals surface area contributed by atoms with Gasteiger partial charge in [-0.25, -0.2) is 0 Å². The van der Waals surface area contributed by atoms with E-state index in [1.807, 2.05) is 20.9 Å². The normalized spacial score (nSPS) is 14.9. The average molecular weight is 235 g/mol. The Balaban J connectivity index is 1.99. The van der Waals surface area contributed by atoms with Gasteiger partial charge in [0.05, 0.1) is 12.2 Å². The second-order valence-electron chi connectivity index (χ2n) is 5.53. The fourth-order valence-corrected chi connectivity index (χ4v) is 2.37. The molecule has 0 saturated heterocycles. The number of ether oxygens (including phenoxy) is 1. The summed E-state index contributed by atoms with van der Waals surface area (Å²) < 4.78 is 5.49. The first kappa shape index (κ1) is 12.4. The lowest BCUT2D eigenvalue weighted by molar-refractivity contribution is 0.0425. The van der Waals surface area contributed by atoms with E-state index in [9.17, 15) is 5.11 Å². The Bertz CT molecular complexity index is 396. The molecule has 2 rings (SSSR count). The topological polar surface area (TPSA) is 32.7 Å². The van der Waals surface area contributed by atoms with Crippen molar-refractivity contribution in [3.8, 4) is 5.75 Å². The first-order chi connectivity index (χ1) is 7.94. The van der Waals surface area contributed by atoms with Gasteiger partial charge in [-0.1, -0.05) is 12.1 Å². The lowest BCUT2D eigenvalue weighted by Gasteiger charge is -2.25. The van der Waals surface area contributed by atoms with Crippen LogP contribution >= 0.6 is 0 Å². The maximum atomic E-state index is 9.76. The van der Waals surface area contributed by atoms with Gasteiger partial charge in [-0.3, -0.25) is 4.90 Å². The van der Waals surface area contributed by atoms with Crippen molar-refractivity contribution in [1.82, 2.24) is 4.90 Å². The molecular weight excluding hydrogens is 214 g/mol. The Kier molecular flexibility index (Phi) is 3.40. The predicted molar refractivity (Wildman–Crippen MR) is 68.3 cm³/mol. The molecule has 0 fully saturated rings. The zero-order valence-electron chi connectivity index (χ0n) is 10.9. The van der Waals surface area contributed by atoms with E-state index < -0.39 is 5.60 Å². The average Bonchev–Trinajstić information content (AvgIpc) is 2.61. The van der Waals surface area contributed by atoms with Crippen molar-refractivity contribution in [1.29, 1.82) is 0 Å². The summed E-state index contributed by atoms with van der Waals surface area (Å²) in [7, 11) is 2.03. The molecule has 0 spiro atoms. The van der Waals surface area contributed by atoms with Crippen LogP contribution in [0, 0.1) is 0 Å². The molecule has 0 saturated carbocycles. The van der Waals surface area contributed by atoms with E-state index in [1.54, 1.807) is 0 Å². The maximum absolute atomic E-state index is 9.76. The molecule has 1 aliphatic heterocycles. The van der Waals surface area contributed by atoms with Crippen molar-refractivity contribution in [3.05, 3.63) is 29.3 Å². The van der Waals surface area contributed by atoms with E-state index in [4.69, 9.17) is 4.74 Å². The molecule has 17 heavy (non-hydrogen) atoms. The third kappa shape index (κ3) is 3.45. The van der Waals surface area contributed by atoms with Crippen LogP contribution in [0.15, 0.2) is 18.2 Å². The van der Waals surface area contributed by atoms with Crippen LogP contribution in [0.2, 0.25) is 0 Å². The molecule has 1 aliphatic rings. The lowest BCUT2D eigenvalue weighted by Crippen LogP contribution is -2.35. The molecule has 3 heteroatoms. The Labute approximate surface area is 103 Å². The number of rotatable bonds is 4. The fraction of sp³-hybridized carbons (Fsp3) is 0.571. The smallest absolute Gasteiger partial charge is 0.122 e. The summed E-state index contributed by atoms with van der Waals surface area (Å²) in [4.78, 5) is 2.14. The van der Waals surface area contributed by atoms with Gasteiger partial charge in [0.15, 0.2) is 0 Å². The van der Waals surface area contributed by atoms with E-state index >= 15 is 0 Å². The molecule has 0 aliphatic carbocycles. The van der Waals surface area contributed by atoms with Gasteiger partial charge in [0.1, 0.15) is 5.75 Å².